The van der Waals surface area contributed by atoms with Gasteiger partial charge in [-0.2, -0.15) is 0 Å². The molecular weight excluding hydrogens is 430 g/mol. The molecule has 0 aliphatic rings. The summed E-state index contributed by atoms with van der Waals surface area (Å²) in [6.45, 7) is 4.54. The number of benzene rings is 1. The van der Waals surface area contributed by atoms with E-state index >= 15 is 0 Å². The second-order valence-corrected chi connectivity index (χ2v) is 6.82. The highest BCUT2D eigenvalue weighted by atomic mass is 35.5. The summed E-state index contributed by atoms with van der Waals surface area (Å²) in [4.78, 5) is 16.0. The average molecular weight is 450 g/mol. The topological polar surface area (TPSA) is 65.4 Å². The number of aromatic nitrogens is 2. The Labute approximate surface area is 175 Å². The molecule has 0 unspecified atom stereocenters. The van der Waals surface area contributed by atoms with Crippen molar-refractivity contribution in [2.24, 2.45) is 0 Å². The van der Waals surface area contributed by atoms with Crippen molar-refractivity contribution >= 4 is 17.5 Å². The Kier molecular flexibility index (Phi) is 8.39. The van der Waals surface area contributed by atoms with Crippen molar-refractivity contribution in [3.8, 4) is 11.3 Å². The van der Waals surface area contributed by atoms with Crippen molar-refractivity contribution in [2.75, 3.05) is 13.2 Å². The predicted molar refractivity (Wildman–Crippen MR) is 102 cm³/mol. The Morgan fingerprint density at radius 1 is 1.40 bits per heavy atom. The molecular formula is C19H20ClF4N3O3. The lowest BCUT2D eigenvalue weighted by molar-refractivity contribution is -0.343. The molecule has 1 heterocycles. The summed E-state index contributed by atoms with van der Waals surface area (Å²) in [6, 6.07) is 4.38. The number of amides is 1. The summed E-state index contributed by atoms with van der Waals surface area (Å²) in [5.41, 5.74) is 1.53. The number of nitrogens with zero attached hydrogens (tertiary/aromatic N) is 2. The number of hydrogen-bond donors (Lipinski definition) is 1. The van der Waals surface area contributed by atoms with Crippen molar-refractivity contribution in [1.82, 2.24) is 14.9 Å². The van der Waals surface area contributed by atoms with Gasteiger partial charge in [0.1, 0.15) is 12.4 Å². The molecule has 1 aromatic heterocycles. The molecule has 0 radical (unpaired) electrons. The van der Waals surface area contributed by atoms with Gasteiger partial charge in [-0.05, 0) is 19.1 Å². The largest absolute Gasteiger partial charge is 0.522 e. The van der Waals surface area contributed by atoms with Crippen molar-refractivity contribution in [3.05, 3.63) is 53.8 Å². The summed E-state index contributed by atoms with van der Waals surface area (Å²) in [6.07, 6.45) is -2.34. The normalized spacial score (nSPS) is 12.6. The van der Waals surface area contributed by atoms with E-state index in [0.717, 1.165) is 0 Å². The molecule has 11 heteroatoms. The molecule has 6 nitrogen and oxygen atoms in total. The summed E-state index contributed by atoms with van der Waals surface area (Å²) >= 11 is 5.67. The Bertz CT molecular complexity index is 886. The number of ether oxygens (including phenoxy) is 2. The van der Waals surface area contributed by atoms with E-state index in [-0.39, 0.29) is 11.6 Å². The second kappa shape index (κ2) is 10.6. The van der Waals surface area contributed by atoms with Crippen LogP contribution in [-0.4, -0.2) is 41.1 Å². The Morgan fingerprint density at radius 3 is 2.80 bits per heavy atom. The van der Waals surface area contributed by atoms with E-state index in [1.165, 1.54) is 19.1 Å². The number of alkyl halides is 3. The Balaban J connectivity index is 1.72. The number of allylic oxidation sites excluding steroid dienone is 1. The molecule has 0 saturated carbocycles. The highest BCUT2D eigenvalue weighted by molar-refractivity contribution is 6.30. The molecule has 1 aromatic carbocycles. The molecule has 0 bridgehead atoms. The van der Waals surface area contributed by atoms with E-state index in [2.05, 4.69) is 21.6 Å². The third-order valence-corrected chi connectivity index (χ3v) is 4.06. The van der Waals surface area contributed by atoms with E-state index in [1.807, 2.05) is 0 Å². The predicted octanol–water partition coefficient (Wildman–Crippen LogP) is 4.30. The zero-order chi connectivity index (χ0) is 22.3. The van der Waals surface area contributed by atoms with Crippen LogP contribution in [0.4, 0.5) is 17.6 Å². The first-order valence-corrected chi connectivity index (χ1v) is 9.18. The zero-order valence-corrected chi connectivity index (χ0v) is 16.8. The maximum atomic E-state index is 13.6. The Morgan fingerprint density at radius 2 is 2.13 bits per heavy atom. The summed E-state index contributed by atoms with van der Waals surface area (Å²) < 4.78 is 60.0. The van der Waals surface area contributed by atoms with Crippen molar-refractivity contribution < 1.29 is 31.8 Å². The molecule has 1 atom stereocenters. The van der Waals surface area contributed by atoms with Gasteiger partial charge in [-0.25, -0.2) is 9.37 Å². The van der Waals surface area contributed by atoms with Crippen LogP contribution in [0.5, 0.6) is 0 Å². The monoisotopic (exact) mass is 449 g/mol. The molecule has 0 aliphatic carbocycles. The van der Waals surface area contributed by atoms with Crippen LogP contribution in [0, 0.1) is 5.82 Å². The molecule has 30 heavy (non-hydrogen) atoms. The summed E-state index contributed by atoms with van der Waals surface area (Å²) in [5, 5.41) is 2.53. The van der Waals surface area contributed by atoms with Crippen LogP contribution in [0.2, 0.25) is 5.02 Å². The summed E-state index contributed by atoms with van der Waals surface area (Å²) in [5.74, 6) is -1.08. The van der Waals surface area contributed by atoms with Crippen LogP contribution in [0.3, 0.4) is 0 Å². The molecule has 1 amide bonds. The van der Waals surface area contributed by atoms with Crippen LogP contribution >= 0.6 is 11.6 Å². The van der Waals surface area contributed by atoms with E-state index in [4.69, 9.17) is 16.3 Å². The van der Waals surface area contributed by atoms with Crippen molar-refractivity contribution in [2.45, 2.75) is 32.4 Å². The molecule has 0 fully saturated rings. The van der Waals surface area contributed by atoms with E-state index in [0.29, 0.717) is 29.9 Å². The fraction of sp³-hybridized carbons (Fsp3) is 0.368. The van der Waals surface area contributed by atoms with Crippen LogP contribution in [-0.2, 0) is 20.8 Å². The lowest BCUT2D eigenvalue weighted by atomic mass is 10.2. The fourth-order valence-electron chi connectivity index (χ4n) is 2.43. The lowest BCUT2D eigenvalue weighted by Gasteiger charge is -2.15. The maximum Gasteiger partial charge on any atom is 0.522 e. The quantitative estimate of drug-likeness (QED) is 0.549. The van der Waals surface area contributed by atoms with Crippen molar-refractivity contribution in [1.29, 1.82) is 0 Å². The van der Waals surface area contributed by atoms with Gasteiger partial charge in [-0.1, -0.05) is 24.2 Å². The molecule has 164 valence electrons. The number of carbonyl (C=O) groups excluding carboxylic acids is 1. The van der Waals surface area contributed by atoms with E-state index in [9.17, 15) is 22.4 Å². The van der Waals surface area contributed by atoms with Crippen molar-refractivity contribution in [3.63, 3.8) is 0 Å². The van der Waals surface area contributed by atoms with Crippen LogP contribution in [0.15, 0.2) is 43.0 Å². The van der Waals surface area contributed by atoms with Crippen LogP contribution in [0.25, 0.3) is 11.3 Å². The van der Waals surface area contributed by atoms with Gasteiger partial charge < -0.3 is 14.6 Å². The van der Waals surface area contributed by atoms with Gasteiger partial charge in [0, 0.05) is 30.4 Å². The first-order chi connectivity index (χ1) is 14.0. The summed E-state index contributed by atoms with van der Waals surface area (Å²) in [7, 11) is 0. The number of aryl methyl sites for hydroxylation is 1. The highest BCUT2D eigenvalue weighted by Crippen LogP contribution is 2.23. The van der Waals surface area contributed by atoms with Crippen LogP contribution < -0.4 is 5.32 Å². The van der Waals surface area contributed by atoms with Gasteiger partial charge in [-0.15, -0.1) is 13.2 Å². The SMILES string of the molecule is C=C(CCn1cnc(-c2ccc(Cl)c(F)c2)c1)NC(=O)COC[C@H](C)OC(F)(F)F. The number of nitrogens with one attached hydrogen (secondary N) is 1. The van der Waals surface area contributed by atoms with Gasteiger partial charge in [-0.3, -0.25) is 9.53 Å². The number of hydrogen-bond acceptors (Lipinski definition) is 4. The van der Waals surface area contributed by atoms with Gasteiger partial charge in [0.2, 0.25) is 5.91 Å². The maximum absolute atomic E-state index is 13.6. The third-order valence-electron chi connectivity index (χ3n) is 3.76. The van der Waals surface area contributed by atoms with E-state index < -0.39 is 30.8 Å². The molecule has 1 N–H and O–H groups in total. The minimum absolute atomic E-state index is 0.0246. The Hall–Kier alpha value is -2.43. The van der Waals surface area contributed by atoms with Gasteiger partial charge >= 0.3 is 6.36 Å². The number of halogens is 5. The number of rotatable bonds is 10. The second-order valence-electron chi connectivity index (χ2n) is 6.42. The standard InChI is InChI=1S/C19H20ClF4N3O3/c1-12(26-18(28)10-29-9-13(2)30-19(22,23)24)5-6-27-8-17(25-11-27)14-3-4-15(20)16(21)7-14/h3-4,7-8,11,13H,1,5-6,9-10H2,2H3,(H,26,28)/t13-/m0/s1. The van der Waals surface area contributed by atoms with Gasteiger partial charge in [0.15, 0.2) is 0 Å². The first kappa shape index (κ1) is 23.8. The van der Waals surface area contributed by atoms with E-state index in [1.54, 1.807) is 23.2 Å². The number of carbonyl (C=O) groups is 1. The lowest BCUT2D eigenvalue weighted by Crippen LogP contribution is -2.30. The molecule has 0 spiro atoms. The minimum atomic E-state index is -4.76. The average Bonchev–Trinajstić information content (AvgIpc) is 3.10. The minimum Gasteiger partial charge on any atom is -0.369 e. The first-order valence-electron chi connectivity index (χ1n) is 8.80. The third kappa shape index (κ3) is 8.13. The molecule has 0 aliphatic heterocycles. The molecule has 2 rings (SSSR count). The number of imidazole rings is 1. The van der Waals surface area contributed by atoms with Crippen LogP contribution in [0.1, 0.15) is 13.3 Å². The fourth-order valence-corrected chi connectivity index (χ4v) is 2.54. The molecule has 0 saturated heterocycles. The van der Waals surface area contributed by atoms with Gasteiger partial charge in [0.25, 0.3) is 0 Å². The highest BCUT2D eigenvalue weighted by Gasteiger charge is 2.31. The molecule has 2 aromatic rings. The zero-order valence-electron chi connectivity index (χ0n) is 16.0. The van der Waals surface area contributed by atoms with Gasteiger partial charge in [0.05, 0.1) is 29.8 Å². The smallest absolute Gasteiger partial charge is 0.369 e.